The van der Waals surface area contributed by atoms with Gasteiger partial charge in [-0.05, 0) is 38.4 Å². The topological polar surface area (TPSA) is 52.6 Å². The summed E-state index contributed by atoms with van der Waals surface area (Å²) in [4.78, 5) is 12.6. The molecule has 110 valence electrons. The summed E-state index contributed by atoms with van der Waals surface area (Å²) in [6, 6.07) is 2.56. The van der Waals surface area contributed by atoms with Crippen LogP contribution in [0.5, 0.6) is 0 Å². The van der Waals surface area contributed by atoms with Crippen molar-refractivity contribution in [1.29, 1.82) is 0 Å². The van der Waals surface area contributed by atoms with Crippen LogP contribution < -0.4 is 10.2 Å². The molecule has 1 fully saturated rings. The molecule has 1 aromatic rings. The zero-order valence-electron chi connectivity index (χ0n) is 11.3. The number of halogens is 2. The lowest BCUT2D eigenvalue weighted by Gasteiger charge is -2.36. The Morgan fingerprint density at radius 2 is 2.20 bits per heavy atom. The number of carbonyl (C=O) groups is 1. The van der Waals surface area contributed by atoms with Crippen molar-refractivity contribution < 1.29 is 18.7 Å². The maximum absolute atomic E-state index is 14.1. The van der Waals surface area contributed by atoms with Crippen molar-refractivity contribution in [1.82, 2.24) is 5.32 Å². The first-order chi connectivity index (χ1) is 9.56. The third-order valence-electron chi connectivity index (χ3n) is 3.65. The van der Waals surface area contributed by atoms with Gasteiger partial charge in [-0.25, -0.2) is 13.6 Å². The molecule has 1 heterocycles. The molecular formula is C14H18F2N2O2. The lowest BCUT2D eigenvalue weighted by molar-refractivity contribution is 0.0690. The minimum atomic E-state index is -1.46. The molecular weight excluding hydrogens is 266 g/mol. The Kier molecular flexibility index (Phi) is 4.54. The third kappa shape index (κ3) is 2.75. The van der Waals surface area contributed by atoms with Crippen molar-refractivity contribution in [3.63, 3.8) is 0 Å². The second-order valence-electron chi connectivity index (χ2n) is 4.85. The zero-order valence-corrected chi connectivity index (χ0v) is 11.3. The van der Waals surface area contributed by atoms with Gasteiger partial charge in [-0.3, -0.25) is 0 Å². The molecule has 1 aromatic carbocycles. The van der Waals surface area contributed by atoms with Crippen molar-refractivity contribution in [2.24, 2.45) is 0 Å². The fourth-order valence-corrected chi connectivity index (χ4v) is 2.65. The minimum absolute atomic E-state index is 0.0957. The van der Waals surface area contributed by atoms with Crippen LogP contribution in [0.25, 0.3) is 0 Å². The molecule has 2 N–H and O–H groups in total. The van der Waals surface area contributed by atoms with Crippen LogP contribution in [0.3, 0.4) is 0 Å². The molecule has 1 aliphatic heterocycles. The van der Waals surface area contributed by atoms with Gasteiger partial charge in [0.2, 0.25) is 0 Å². The quantitative estimate of drug-likeness (QED) is 0.890. The number of hydrogen-bond donors (Lipinski definition) is 2. The van der Waals surface area contributed by atoms with E-state index in [4.69, 9.17) is 5.11 Å². The highest BCUT2D eigenvalue weighted by Crippen LogP contribution is 2.27. The van der Waals surface area contributed by atoms with Gasteiger partial charge < -0.3 is 15.3 Å². The summed E-state index contributed by atoms with van der Waals surface area (Å²) in [7, 11) is 0. The van der Waals surface area contributed by atoms with Crippen molar-refractivity contribution >= 4 is 11.7 Å². The number of rotatable bonds is 4. The summed E-state index contributed by atoms with van der Waals surface area (Å²) in [5.41, 5.74) is -0.507. The van der Waals surface area contributed by atoms with Crippen LogP contribution in [-0.4, -0.2) is 36.8 Å². The van der Waals surface area contributed by atoms with E-state index in [-0.39, 0.29) is 11.7 Å². The number of carboxylic acids is 1. The average molecular weight is 284 g/mol. The van der Waals surface area contributed by atoms with Crippen molar-refractivity contribution in [3.8, 4) is 0 Å². The highest BCUT2D eigenvalue weighted by Gasteiger charge is 2.25. The van der Waals surface area contributed by atoms with Crippen LogP contribution in [0.15, 0.2) is 12.1 Å². The largest absolute Gasteiger partial charge is 0.478 e. The number of hydrogen-bond acceptors (Lipinski definition) is 3. The number of aromatic carboxylic acids is 1. The molecule has 6 heteroatoms. The Balaban J connectivity index is 2.34. The van der Waals surface area contributed by atoms with Crippen molar-refractivity contribution in [3.05, 3.63) is 29.3 Å². The van der Waals surface area contributed by atoms with Gasteiger partial charge in [-0.2, -0.15) is 0 Å². The van der Waals surface area contributed by atoms with Crippen molar-refractivity contribution in [2.75, 3.05) is 24.5 Å². The van der Waals surface area contributed by atoms with E-state index >= 15 is 0 Å². The van der Waals surface area contributed by atoms with Crippen LogP contribution in [0.1, 0.15) is 30.1 Å². The summed E-state index contributed by atoms with van der Waals surface area (Å²) in [6.45, 7) is 4.06. The number of anilines is 1. The smallest absolute Gasteiger partial charge is 0.338 e. The first-order valence-corrected chi connectivity index (χ1v) is 6.75. The first-order valence-electron chi connectivity index (χ1n) is 6.75. The lowest BCUT2D eigenvalue weighted by Crippen LogP contribution is -2.46. The molecule has 0 amide bonds. The molecule has 0 saturated carbocycles. The minimum Gasteiger partial charge on any atom is -0.478 e. The second kappa shape index (κ2) is 6.17. The predicted octanol–water partition coefficient (Wildman–Crippen LogP) is 2.24. The fourth-order valence-electron chi connectivity index (χ4n) is 2.65. The zero-order chi connectivity index (χ0) is 14.7. The molecule has 1 atom stereocenters. The molecule has 0 aromatic heterocycles. The van der Waals surface area contributed by atoms with E-state index in [0.717, 1.165) is 32.0 Å². The standard InChI is InChI=1S/C14H18F2N2O2/c1-2-18(9-4-3-7-17-8-9)11-6-5-10(14(19)20)12(15)13(11)16/h5-6,9,17H,2-4,7-8H2,1H3,(H,19,20). The van der Waals surface area contributed by atoms with Gasteiger partial charge in [0.25, 0.3) is 0 Å². The number of carboxylic acid groups (broad SMARTS) is 1. The molecule has 4 nitrogen and oxygen atoms in total. The van der Waals surface area contributed by atoms with Gasteiger partial charge in [0.05, 0.1) is 11.3 Å². The van der Waals surface area contributed by atoms with Crippen LogP contribution in [0.2, 0.25) is 0 Å². The van der Waals surface area contributed by atoms with Gasteiger partial charge in [0.15, 0.2) is 11.6 Å². The Bertz CT molecular complexity index is 502. The number of nitrogens with zero attached hydrogens (tertiary/aromatic N) is 1. The highest BCUT2D eigenvalue weighted by atomic mass is 19.2. The summed E-state index contributed by atoms with van der Waals surface area (Å²) in [5, 5.41) is 12.0. The molecule has 0 radical (unpaired) electrons. The van der Waals surface area contributed by atoms with Gasteiger partial charge in [-0.15, -0.1) is 0 Å². The van der Waals surface area contributed by atoms with E-state index in [1.165, 1.54) is 6.07 Å². The van der Waals surface area contributed by atoms with Crippen LogP contribution in [-0.2, 0) is 0 Å². The Morgan fingerprint density at radius 3 is 2.75 bits per heavy atom. The monoisotopic (exact) mass is 284 g/mol. The van der Waals surface area contributed by atoms with Crippen LogP contribution in [0.4, 0.5) is 14.5 Å². The van der Waals surface area contributed by atoms with E-state index in [9.17, 15) is 13.6 Å². The molecule has 1 unspecified atom stereocenters. The van der Waals surface area contributed by atoms with Crippen LogP contribution in [0, 0.1) is 11.6 Å². The van der Waals surface area contributed by atoms with Crippen LogP contribution >= 0.6 is 0 Å². The number of nitrogens with one attached hydrogen (secondary N) is 1. The first kappa shape index (κ1) is 14.7. The van der Waals surface area contributed by atoms with Crippen molar-refractivity contribution in [2.45, 2.75) is 25.8 Å². The second-order valence-corrected chi connectivity index (χ2v) is 4.85. The Morgan fingerprint density at radius 1 is 1.45 bits per heavy atom. The van der Waals surface area contributed by atoms with Gasteiger partial charge >= 0.3 is 5.97 Å². The van der Waals surface area contributed by atoms with E-state index < -0.39 is 23.2 Å². The van der Waals surface area contributed by atoms with Gasteiger partial charge in [0.1, 0.15) is 0 Å². The molecule has 0 spiro atoms. The molecule has 2 rings (SSSR count). The van der Waals surface area contributed by atoms with E-state index in [0.29, 0.717) is 6.54 Å². The molecule has 20 heavy (non-hydrogen) atoms. The van der Waals surface area contributed by atoms with Gasteiger partial charge in [-0.1, -0.05) is 0 Å². The summed E-state index contributed by atoms with van der Waals surface area (Å²) in [5.74, 6) is -3.84. The maximum atomic E-state index is 14.1. The van der Waals surface area contributed by atoms with Gasteiger partial charge in [0, 0.05) is 19.1 Å². The average Bonchev–Trinajstić information content (AvgIpc) is 2.45. The number of benzene rings is 1. The number of likely N-dealkylation sites (N-methyl/N-ethyl adjacent to an activating group) is 1. The lowest BCUT2D eigenvalue weighted by atomic mass is 10.0. The Labute approximate surface area is 116 Å². The van der Waals surface area contributed by atoms with E-state index in [2.05, 4.69) is 5.32 Å². The summed E-state index contributed by atoms with van der Waals surface area (Å²) < 4.78 is 27.9. The predicted molar refractivity (Wildman–Crippen MR) is 72.2 cm³/mol. The molecule has 1 aliphatic rings. The summed E-state index contributed by atoms with van der Waals surface area (Å²) in [6.07, 6.45) is 1.89. The molecule has 1 saturated heterocycles. The van der Waals surface area contributed by atoms with E-state index in [1.54, 1.807) is 4.90 Å². The van der Waals surface area contributed by atoms with E-state index in [1.807, 2.05) is 6.92 Å². The SMILES string of the molecule is CCN(c1ccc(C(=O)O)c(F)c1F)C1CCCNC1. The normalized spacial score (nSPS) is 18.9. The summed E-state index contributed by atoms with van der Waals surface area (Å²) >= 11 is 0. The molecule has 0 aliphatic carbocycles. The number of piperidine rings is 1. The Hall–Kier alpha value is -1.69. The third-order valence-corrected chi connectivity index (χ3v) is 3.65. The maximum Gasteiger partial charge on any atom is 0.338 e. The highest BCUT2D eigenvalue weighted by molar-refractivity contribution is 5.88. The fraction of sp³-hybridized carbons (Fsp3) is 0.500. The molecule has 0 bridgehead atoms.